The molecule has 1 aromatic rings. The van der Waals surface area contributed by atoms with Gasteiger partial charge in [-0.25, -0.2) is 0 Å². The minimum absolute atomic E-state index is 0.0463. The normalized spacial score (nSPS) is 24.7. The lowest BCUT2D eigenvalue weighted by atomic mass is 10.0. The molecule has 3 atom stereocenters. The van der Waals surface area contributed by atoms with E-state index in [2.05, 4.69) is 22.2 Å². The van der Waals surface area contributed by atoms with Gasteiger partial charge in [-0.2, -0.15) is 0 Å². The lowest BCUT2D eigenvalue weighted by molar-refractivity contribution is -0.138. The van der Waals surface area contributed by atoms with E-state index in [9.17, 15) is 14.4 Å². The summed E-state index contributed by atoms with van der Waals surface area (Å²) in [6.07, 6.45) is 0.981. The minimum Gasteiger partial charge on any atom is -0.369 e. The van der Waals surface area contributed by atoms with Gasteiger partial charge in [0, 0.05) is 44.0 Å². The maximum absolute atomic E-state index is 13.3. The fourth-order valence-corrected chi connectivity index (χ4v) is 4.86. The first-order chi connectivity index (χ1) is 15.3. The number of hydrogen-bond acceptors (Lipinski definition) is 6. The molecule has 3 fully saturated rings. The van der Waals surface area contributed by atoms with Gasteiger partial charge in [0.25, 0.3) is 5.91 Å². The number of ether oxygens (including phenoxy) is 1. The maximum atomic E-state index is 13.3. The van der Waals surface area contributed by atoms with Crippen molar-refractivity contribution in [2.24, 2.45) is 5.92 Å². The van der Waals surface area contributed by atoms with Gasteiger partial charge < -0.3 is 24.8 Å². The second kappa shape index (κ2) is 9.58. The Morgan fingerprint density at radius 1 is 1.09 bits per heavy atom. The summed E-state index contributed by atoms with van der Waals surface area (Å²) < 4.78 is 5.51. The third-order valence-electron chi connectivity index (χ3n) is 6.70. The summed E-state index contributed by atoms with van der Waals surface area (Å²) in [5.74, 6) is -0.279. The molecule has 3 heterocycles. The molecule has 0 spiro atoms. The van der Waals surface area contributed by atoms with Crippen LogP contribution in [0, 0.1) is 5.92 Å². The van der Waals surface area contributed by atoms with Gasteiger partial charge in [-0.1, -0.05) is 13.8 Å². The third-order valence-corrected chi connectivity index (χ3v) is 6.70. The largest absolute Gasteiger partial charge is 0.369 e. The van der Waals surface area contributed by atoms with Crippen molar-refractivity contribution >= 4 is 23.3 Å². The predicted octanol–water partition coefficient (Wildman–Crippen LogP) is 1.15. The fraction of sp³-hybridized carbons (Fsp3) is 0.625. The Kier molecular flexibility index (Phi) is 6.81. The Balaban J connectivity index is 1.42. The summed E-state index contributed by atoms with van der Waals surface area (Å²) in [7, 11) is 2.12. The third kappa shape index (κ3) is 4.81. The number of rotatable bonds is 6. The number of likely N-dealkylation sites (tertiary alicyclic amines) is 1. The molecular formula is C24H34N4O4. The number of likely N-dealkylation sites (N-methyl/N-ethyl adjacent to an activating group) is 1. The molecule has 32 heavy (non-hydrogen) atoms. The van der Waals surface area contributed by atoms with Crippen molar-refractivity contribution in [3.63, 3.8) is 0 Å². The molecule has 1 aromatic carbocycles. The van der Waals surface area contributed by atoms with E-state index in [1.807, 2.05) is 38.1 Å². The van der Waals surface area contributed by atoms with E-state index >= 15 is 0 Å². The molecule has 3 saturated heterocycles. The summed E-state index contributed by atoms with van der Waals surface area (Å²) in [5, 5.41) is 2.94. The molecule has 8 nitrogen and oxygen atoms in total. The van der Waals surface area contributed by atoms with E-state index in [1.165, 1.54) is 0 Å². The van der Waals surface area contributed by atoms with Crippen molar-refractivity contribution in [3.05, 3.63) is 29.8 Å². The van der Waals surface area contributed by atoms with Crippen LogP contribution in [0.1, 0.15) is 37.0 Å². The van der Waals surface area contributed by atoms with E-state index < -0.39 is 12.1 Å². The maximum Gasteiger partial charge on any atom is 0.251 e. The smallest absolute Gasteiger partial charge is 0.251 e. The van der Waals surface area contributed by atoms with Crippen LogP contribution in [-0.2, 0) is 14.3 Å². The Morgan fingerprint density at radius 3 is 2.44 bits per heavy atom. The standard InChI is InChI=1S/C24H34N4O4/c1-16(2)14-19(24(31)28-9-8-21-22(28)20(29)15-32-21)25-23(30)17-4-6-18(7-5-17)27-12-10-26(3)11-13-27/h4-7,16,19,21-22H,8-15H2,1-3H3,(H,25,30)/t19-,21+,22+/m0/s1. The lowest BCUT2D eigenvalue weighted by Crippen LogP contribution is -2.52. The Bertz CT molecular complexity index is 848. The molecule has 3 aliphatic rings. The van der Waals surface area contributed by atoms with Gasteiger partial charge in [0.2, 0.25) is 5.91 Å². The highest BCUT2D eigenvalue weighted by atomic mass is 16.5. The highest BCUT2D eigenvalue weighted by Crippen LogP contribution is 2.28. The number of piperazine rings is 1. The number of carbonyl (C=O) groups is 3. The zero-order valence-corrected chi connectivity index (χ0v) is 19.3. The summed E-state index contributed by atoms with van der Waals surface area (Å²) in [5.41, 5.74) is 1.64. The molecule has 174 valence electrons. The van der Waals surface area contributed by atoms with Crippen LogP contribution in [0.3, 0.4) is 0 Å². The lowest BCUT2D eigenvalue weighted by Gasteiger charge is -2.34. The SMILES string of the molecule is CC(C)C[C@H](NC(=O)c1ccc(N2CCN(C)CC2)cc1)C(=O)N1CC[C@H]2OCC(=O)[C@H]21. The average molecular weight is 443 g/mol. The molecule has 0 aromatic heterocycles. The van der Waals surface area contributed by atoms with Crippen molar-refractivity contribution < 1.29 is 19.1 Å². The van der Waals surface area contributed by atoms with Crippen molar-refractivity contribution in [1.29, 1.82) is 0 Å². The second-order valence-corrected chi connectivity index (χ2v) is 9.57. The van der Waals surface area contributed by atoms with Crippen LogP contribution in [-0.4, -0.2) is 92.0 Å². The molecule has 4 rings (SSSR count). The highest BCUT2D eigenvalue weighted by molar-refractivity contribution is 5.99. The predicted molar refractivity (Wildman–Crippen MR) is 122 cm³/mol. The molecule has 0 unspecified atom stereocenters. The van der Waals surface area contributed by atoms with Gasteiger partial charge in [-0.3, -0.25) is 14.4 Å². The van der Waals surface area contributed by atoms with Gasteiger partial charge in [0.1, 0.15) is 18.7 Å². The Labute approximate surface area is 189 Å². The zero-order chi connectivity index (χ0) is 22.8. The van der Waals surface area contributed by atoms with E-state index in [1.54, 1.807) is 4.90 Å². The minimum atomic E-state index is -0.660. The number of fused-ring (bicyclic) bond motifs is 1. The molecule has 8 heteroatoms. The fourth-order valence-electron chi connectivity index (χ4n) is 4.86. The van der Waals surface area contributed by atoms with Gasteiger partial charge in [0.15, 0.2) is 5.78 Å². The molecular weight excluding hydrogens is 408 g/mol. The first-order valence-electron chi connectivity index (χ1n) is 11.6. The van der Waals surface area contributed by atoms with Gasteiger partial charge >= 0.3 is 0 Å². The van der Waals surface area contributed by atoms with Gasteiger partial charge in [-0.05, 0) is 50.1 Å². The van der Waals surface area contributed by atoms with Crippen LogP contribution in [0.25, 0.3) is 0 Å². The zero-order valence-electron chi connectivity index (χ0n) is 19.3. The number of Topliss-reactive ketones (excluding diaryl/α,β-unsaturated/α-hetero) is 1. The van der Waals surface area contributed by atoms with Crippen molar-refractivity contribution in [2.45, 2.75) is 44.9 Å². The van der Waals surface area contributed by atoms with Gasteiger partial charge in [-0.15, -0.1) is 0 Å². The topological polar surface area (TPSA) is 82.2 Å². The first kappa shape index (κ1) is 22.7. The molecule has 0 radical (unpaired) electrons. The molecule has 3 aliphatic heterocycles. The summed E-state index contributed by atoms with van der Waals surface area (Å²) in [6, 6.07) is 6.42. The average Bonchev–Trinajstić information content (AvgIpc) is 3.36. The van der Waals surface area contributed by atoms with E-state index in [4.69, 9.17) is 4.74 Å². The Morgan fingerprint density at radius 2 is 1.78 bits per heavy atom. The van der Waals surface area contributed by atoms with Crippen molar-refractivity contribution in [3.8, 4) is 0 Å². The molecule has 1 N–H and O–H groups in total. The van der Waals surface area contributed by atoms with Crippen LogP contribution in [0.4, 0.5) is 5.69 Å². The monoisotopic (exact) mass is 442 g/mol. The number of benzene rings is 1. The molecule has 0 aliphatic carbocycles. The quantitative estimate of drug-likeness (QED) is 0.712. The van der Waals surface area contributed by atoms with Crippen molar-refractivity contribution in [1.82, 2.24) is 15.1 Å². The number of nitrogens with zero attached hydrogens (tertiary/aromatic N) is 3. The second-order valence-electron chi connectivity index (χ2n) is 9.57. The highest BCUT2D eigenvalue weighted by Gasteiger charge is 2.48. The van der Waals surface area contributed by atoms with Crippen LogP contribution >= 0.6 is 0 Å². The van der Waals surface area contributed by atoms with Crippen LogP contribution in [0.5, 0.6) is 0 Å². The van der Waals surface area contributed by atoms with Crippen LogP contribution < -0.4 is 10.2 Å². The Hall–Kier alpha value is -2.45. The van der Waals surface area contributed by atoms with Crippen LogP contribution in [0.15, 0.2) is 24.3 Å². The van der Waals surface area contributed by atoms with Crippen molar-refractivity contribution in [2.75, 3.05) is 51.3 Å². The number of amides is 2. The molecule has 0 saturated carbocycles. The van der Waals surface area contributed by atoms with E-state index in [-0.39, 0.29) is 36.2 Å². The molecule has 0 bridgehead atoms. The summed E-state index contributed by atoms with van der Waals surface area (Å²) in [6.45, 7) is 8.58. The number of anilines is 1. The summed E-state index contributed by atoms with van der Waals surface area (Å²) >= 11 is 0. The number of hydrogen-bond donors (Lipinski definition) is 1. The number of carbonyl (C=O) groups excluding carboxylic acids is 3. The number of nitrogens with one attached hydrogen (secondary N) is 1. The first-order valence-corrected chi connectivity index (χ1v) is 11.6. The van der Waals surface area contributed by atoms with E-state index in [0.29, 0.717) is 24.9 Å². The van der Waals surface area contributed by atoms with Crippen LogP contribution in [0.2, 0.25) is 0 Å². The number of ketones is 1. The summed E-state index contributed by atoms with van der Waals surface area (Å²) in [4.78, 5) is 44.8. The molecule has 2 amide bonds. The van der Waals surface area contributed by atoms with E-state index in [0.717, 1.165) is 31.9 Å². The van der Waals surface area contributed by atoms with Gasteiger partial charge in [0.05, 0.1) is 6.10 Å².